The Labute approximate surface area is 187 Å². The summed E-state index contributed by atoms with van der Waals surface area (Å²) in [7, 11) is 0. The van der Waals surface area contributed by atoms with Crippen molar-refractivity contribution in [1.29, 1.82) is 0 Å². The van der Waals surface area contributed by atoms with E-state index in [2.05, 4.69) is 15.4 Å². The van der Waals surface area contributed by atoms with Crippen molar-refractivity contribution in [1.82, 2.24) is 24.8 Å². The third-order valence-electron chi connectivity index (χ3n) is 6.81. The smallest absolute Gasteiger partial charge is 0.259 e. The van der Waals surface area contributed by atoms with Crippen LogP contribution in [0, 0.1) is 5.92 Å². The monoisotopic (exact) mass is 431 g/mol. The Balaban J connectivity index is 1.25. The largest absolute Gasteiger partial charge is 0.353 e. The van der Waals surface area contributed by atoms with Gasteiger partial charge in [0.15, 0.2) is 5.65 Å². The molecule has 0 bridgehead atoms. The summed E-state index contributed by atoms with van der Waals surface area (Å²) >= 11 is 0. The number of amides is 2. The Morgan fingerprint density at radius 3 is 2.44 bits per heavy atom. The first-order chi connectivity index (χ1) is 15.7. The van der Waals surface area contributed by atoms with E-state index in [1.165, 1.54) is 6.42 Å². The molecule has 166 valence electrons. The molecule has 0 atom stereocenters. The maximum Gasteiger partial charge on any atom is 0.259 e. The maximum atomic E-state index is 13.2. The number of carbonyl (C=O) groups is 2. The lowest BCUT2D eigenvalue weighted by Crippen LogP contribution is -2.48. The first-order valence-electron chi connectivity index (χ1n) is 11.7. The van der Waals surface area contributed by atoms with Crippen LogP contribution in [-0.2, 0) is 4.79 Å². The van der Waals surface area contributed by atoms with E-state index in [1.54, 1.807) is 16.9 Å². The zero-order valence-corrected chi connectivity index (χ0v) is 18.2. The van der Waals surface area contributed by atoms with Gasteiger partial charge < -0.3 is 10.2 Å². The van der Waals surface area contributed by atoms with Crippen LogP contribution in [0.3, 0.4) is 0 Å². The van der Waals surface area contributed by atoms with Crippen molar-refractivity contribution in [3.8, 4) is 11.3 Å². The highest BCUT2D eigenvalue weighted by Gasteiger charge is 2.29. The maximum absolute atomic E-state index is 13.2. The third-order valence-corrected chi connectivity index (χ3v) is 6.81. The molecule has 3 heterocycles. The van der Waals surface area contributed by atoms with Gasteiger partial charge in [0.25, 0.3) is 5.91 Å². The number of hydrogen-bond acceptors (Lipinski definition) is 4. The summed E-state index contributed by atoms with van der Waals surface area (Å²) in [5.74, 6) is 0.330. The summed E-state index contributed by atoms with van der Waals surface area (Å²) in [6.45, 7) is 1.26. The minimum Gasteiger partial charge on any atom is -0.353 e. The number of fused-ring (bicyclic) bond motifs is 1. The van der Waals surface area contributed by atoms with Gasteiger partial charge in [0.1, 0.15) is 5.56 Å². The fourth-order valence-electron chi connectivity index (χ4n) is 4.95. The molecule has 1 saturated heterocycles. The van der Waals surface area contributed by atoms with Gasteiger partial charge in [-0.2, -0.15) is 5.10 Å². The lowest BCUT2D eigenvalue weighted by molar-refractivity contribution is -0.126. The first-order valence-corrected chi connectivity index (χ1v) is 11.7. The molecule has 1 N–H and O–H groups in total. The predicted octanol–water partition coefficient (Wildman–Crippen LogP) is 3.70. The first kappa shape index (κ1) is 20.7. The summed E-state index contributed by atoms with van der Waals surface area (Å²) in [6.07, 6.45) is 10.5. The van der Waals surface area contributed by atoms with Gasteiger partial charge >= 0.3 is 0 Å². The van der Waals surface area contributed by atoms with E-state index in [4.69, 9.17) is 0 Å². The van der Waals surface area contributed by atoms with Crippen molar-refractivity contribution >= 4 is 17.5 Å². The lowest BCUT2D eigenvalue weighted by atomic mass is 9.88. The van der Waals surface area contributed by atoms with Crippen LogP contribution in [0.15, 0.2) is 48.8 Å². The van der Waals surface area contributed by atoms with E-state index < -0.39 is 0 Å². The van der Waals surface area contributed by atoms with Crippen LogP contribution in [0.2, 0.25) is 0 Å². The molecule has 7 heteroatoms. The molecular formula is C25H29N5O2. The average molecular weight is 432 g/mol. The average Bonchev–Trinajstić information content (AvgIpc) is 3.29. The topological polar surface area (TPSA) is 79.6 Å². The van der Waals surface area contributed by atoms with Crippen LogP contribution in [0.1, 0.15) is 55.3 Å². The van der Waals surface area contributed by atoms with E-state index in [1.807, 2.05) is 41.3 Å². The number of nitrogens with one attached hydrogen (secondary N) is 1. The van der Waals surface area contributed by atoms with E-state index in [9.17, 15) is 9.59 Å². The molecule has 2 aromatic heterocycles. The van der Waals surface area contributed by atoms with Gasteiger partial charge in [0.05, 0.1) is 11.9 Å². The molecule has 3 aromatic rings. The number of carbonyl (C=O) groups excluding carboxylic acids is 2. The molecule has 2 amide bonds. The fraction of sp³-hybridized carbons (Fsp3) is 0.440. The van der Waals surface area contributed by atoms with Gasteiger partial charge in [-0.25, -0.2) is 9.50 Å². The quantitative estimate of drug-likeness (QED) is 0.683. The zero-order chi connectivity index (χ0) is 21.9. The number of rotatable bonds is 4. The van der Waals surface area contributed by atoms with Crippen molar-refractivity contribution in [2.75, 3.05) is 13.1 Å². The van der Waals surface area contributed by atoms with Gasteiger partial charge in [-0.05, 0) is 31.7 Å². The number of aromatic nitrogens is 3. The van der Waals surface area contributed by atoms with Crippen molar-refractivity contribution in [2.45, 2.75) is 51.0 Å². The van der Waals surface area contributed by atoms with E-state index in [0.717, 1.165) is 49.8 Å². The number of likely N-dealkylation sites (tertiary alicyclic amines) is 1. The third kappa shape index (κ3) is 4.11. The summed E-state index contributed by atoms with van der Waals surface area (Å²) < 4.78 is 1.74. The number of piperidine rings is 1. The minimum absolute atomic E-state index is 0.0465. The van der Waals surface area contributed by atoms with Crippen molar-refractivity contribution in [2.24, 2.45) is 5.92 Å². The van der Waals surface area contributed by atoms with Crippen molar-refractivity contribution in [3.63, 3.8) is 0 Å². The summed E-state index contributed by atoms with van der Waals surface area (Å²) in [4.78, 5) is 32.1. The highest BCUT2D eigenvalue weighted by molar-refractivity contribution is 6.00. The molecular weight excluding hydrogens is 402 g/mol. The van der Waals surface area contributed by atoms with E-state index >= 15 is 0 Å². The molecule has 1 aliphatic carbocycles. The molecule has 2 fully saturated rings. The van der Waals surface area contributed by atoms with E-state index in [-0.39, 0.29) is 23.8 Å². The normalized spacial score (nSPS) is 18.1. The van der Waals surface area contributed by atoms with Crippen molar-refractivity contribution < 1.29 is 9.59 Å². The van der Waals surface area contributed by atoms with E-state index in [0.29, 0.717) is 24.3 Å². The number of hydrogen-bond donors (Lipinski definition) is 1. The highest BCUT2D eigenvalue weighted by atomic mass is 16.2. The van der Waals surface area contributed by atoms with Crippen LogP contribution >= 0.6 is 0 Å². The molecule has 5 rings (SSSR count). The molecule has 0 radical (unpaired) electrons. The van der Waals surface area contributed by atoms with Crippen molar-refractivity contribution in [3.05, 3.63) is 54.4 Å². The van der Waals surface area contributed by atoms with Gasteiger partial charge in [0.2, 0.25) is 5.91 Å². The molecule has 1 saturated carbocycles. The molecule has 2 aliphatic rings. The SMILES string of the molecule is O=C(NC1CCN(C(=O)c2cnn3c(-c4ccccc4)ccnc23)CC1)C1CCCCC1. The Hall–Kier alpha value is -3.22. The van der Waals surface area contributed by atoms with Gasteiger partial charge in [-0.1, -0.05) is 49.6 Å². The molecule has 0 spiro atoms. The Bertz CT molecular complexity index is 1100. The van der Waals surface area contributed by atoms with Gasteiger partial charge in [-0.3, -0.25) is 9.59 Å². The standard InChI is InChI=1S/C25H29N5O2/c31-24(19-9-5-2-6-10-19)28-20-12-15-29(16-13-20)25(32)21-17-27-30-22(11-14-26-23(21)30)18-7-3-1-4-8-18/h1,3-4,7-8,11,14,17,19-20H,2,5-6,9-10,12-13,15-16H2,(H,28,31). The minimum atomic E-state index is -0.0465. The van der Waals surface area contributed by atoms with Crippen LogP contribution in [0.5, 0.6) is 0 Å². The second-order valence-corrected chi connectivity index (χ2v) is 8.90. The second-order valence-electron chi connectivity index (χ2n) is 8.90. The Morgan fingerprint density at radius 1 is 0.938 bits per heavy atom. The molecule has 7 nitrogen and oxygen atoms in total. The summed E-state index contributed by atoms with van der Waals surface area (Å²) in [5, 5.41) is 7.70. The lowest BCUT2D eigenvalue weighted by Gasteiger charge is -2.33. The fourth-order valence-corrected chi connectivity index (χ4v) is 4.95. The second kappa shape index (κ2) is 9.10. The predicted molar refractivity (Wildman–Crippen MR) is 122 cm³/mol. The van der Waals surface area contributed by atoms with Gasteiger partial charge in [-0.15, -0.1) is 0 Å². The number of benzene rings is 1. The molecule has 32 heavy (non-hydrogen) atoms. The van der Waals surface area contributed by atoms with Crippen LogP contribution in [-0.4, -0.2) is 50.4 Å². The van der Waals surface area contributed by atoms with Crippen LogP contribution < -0.4 is 5.32 Å². The van der Waals surface area contributed by atoms with Crippen LogP contribution in [0.25, 0.3) is 16.9 Å². The van der Waals surface area contributed by atoms with Gasteiger partial charge in [0, 0.05) is 36.8 Å². The Morgan fingerprint density at radius 2 is 1.69 bits per heavy atom. The molecule has 1 aromatic carbocycles. The highest BCUT2D eigenvalue weighted by Crippen LogP contribution is 2.25. The molecule has 0 unspecified atom stereocenters. The Kier molecular flexibility index (Phi) is 5.88. The number of nitrogens with zero attached hydrogens (tertiary/aromatic N) is 4. The zero-order valence-electron chi connectivity index (χ0n) is 18.2. The summed E-state index contributed by atoms with van der Waals surface area (Å²) in [6, 6.07) is 12.0. The molecule has 1 aliphatic heterocycles. The van der Waals surface area contributed by atoms with Crippen LogP contribution in [0.4, 0.5) is 0 Å². The summed E-state index contributed by atoms with van der Waals surface area (Å²) in [5.41, 5.74) is 3.02.